The van der Waals surface area contributed by atoms with E-state index >= 15 is 0 Å². The molecule has 0 N–H and O–H groups in total. The standard InChI is InChI=1S/C16H16BrNO2S2/c1-22(19,20)12-7-8-16-14(11-12)18(10-4-9-17)13-5-2-3-6-15(13)21-16/h2-3,5-8,11H,4,9-10H2,1H3/i4D2,9D2,10D2. The van der Waals surface area contributed by atoms with Crippen molar-refractivity contribution in [1.29, 1.82) is 0 Å². The van der Waals surface area contributed by atoms with E-state index in [0.29, 0.717) is 15.5 Å². The second-order valence-electron chi connectivity index (χ2n) is 4.64. The van der Waals surface area contributed by atoms with Gasteiger partial charge in [0.05, 0.1) is 16.3 Å². The van der Waals surface area contributed by atoms with E-state index < -0.39 is 28.0 Å². The van der Waals surface area contributed by atoms with Crippen LogP contribution in [-0.4, -0.2) is 26.5 Å². The highest BCUT2D eigenvalue weighted by molar-refractivity contribution is 9.09. The molecule has 0 saturated carbocycles. The molecule has 0 bridgehead atoms. The minimum Gasteiger partial charge on any atom is -0.340 e. The van der Waals surface area contributed by atoms with E-state index in [9.17, 15) is 8.42 Å². The summed E-state index contributed by atoms with van der Waals surface area (Å²) in [5.74, 6) is 0. The average Bonchev–Trinajstić information content (AvgIpc) is 2.56. The molecule has 0 saturated heterocycles. The Balaban J connectivity index is 2.32. The predicted molar refractivity (Wildman–Crippen MR) is 95.5 cm³/mol. The number of alkyl halides is 1. The van der Waals surface area contributed by atoms with Gasteiger partial charge < -0.3 is 4.90 Å². The first-order valence-electron chi connectivity index (χ1n) is 9.28. The van der Waals surface area contributed by atoms with Gasteiger partial charge in [-0.25, -0.2) is 8.42 Å². The summed E-state index contributed by atoms with van der Waals surface area (Å²) in [6, 6.07) is 11.0. The Labute approximate surface area is 152 Å². The molecular weight excluding hydrogens is 382 g/mol. The third-order valence-corrected chi connectivity index (χ3v) is 5.58. The van der Waals surface area contributed by atoms with Crippen LogP contribution in [0.1, 0.15) is 14.6 Å². The lowest BCUT2D eigenvalue weighted by atomic mass is 10.2. The number of halogens is 1. The van der Waals surface area contributed by atoms with Gasteiger partial charge in [-0.2, -0.15) is 0 Å². The van der Waals surface area contributed by atoms with Crippen molar-refractivity contribution in [3.05, 3.63) is 42.5 Å². The van der Waals surface area contributed by atoms with Gasteiger partial charge in [-0.05, 0) is 36.7 Å². The maximum absolute atomic E-state index is 12.0. The number of hydrogen-bond donors (Lipinski definition) is 0. The van der Waals surface area contributed by atoms with Gasteiger partial charge in [0, 0.05) is 36.1 Å². The molecule has 0 fully saturated rings. The number of rotatable bonds is 4. The van der Waals surface area contributed by atoms with E-state index in [0.717, 1.165) is 11.2 Å². The van der Waals surface area contributed by atoms with Crippen LogP contribution in [0.25, 0.3) is 0 Å². The van der Waals surface area contributed by atoms with E-state index in [4.69, 9.17) is 8.22 Å². The fourth-order valence-corrected chi connectivity index (χ4v) is 3.93. The van der Waals surface area contributed by atoms with Crippen LogP contribution in [0, 0.1) is 0 Å². The quantitative estimate of drug-likeness (QED) is 0.705. The number of benzene rings is 2. The van der Waals surface area contributed by atoms with Crippen LogP contribution in [0.3, 0.4) is 0 Å². The second-order valence-corrected chi connectivity index (χ2v) is 8.13. The molecule has 1 heterocycles. The smallest absolute Gasteiger partial charge is 0.175 e. The lowest BCUT2D eigenvalue weighted by molar-refractivity contribution is 0.602. The number of anilines is 2. The van der Waals surface area contributed by atoms with E-state index in [1.807, 2.05) is 0 Å². The molecule has 1 aliphatic heterocycles. The number of para-hydroxylation sites is 1. The van der Waals surface area contributed by atoms with Crippen molar-refractivity contribution < 1.29 is 16.6 Å². The molecule has 3 rings (SSSR count). The molecule has 0 aliphatic carbocycles. The Morgan fingerprint density at radius 3 is 2.64 bits per heavy atom. The van der Waals surface area contributed by atoms with Crippen LogP contribution in [0.5, 0.6) is 0 Å². The lowest BCUT2D eigenvalue weighted by Gasteiger charge is -2.33. The van der Waals surface area contributed by atoms with E-state index in [-0.39, 0.29) is 10.6 Å². The Kier molecular flexibility index (Phi) is 2.85. The average molecular weight is 404 g/mol. The molecule has 2 aromatic carbocycles. The largest absolute Gasteiger partial charge is 0.340 e. The molecule has 2 aromatic rings. The molecule has 0 spiro atoms. The van der Waals surface area contributed by atoms with Crippen LogP contribution in [0.4, 0.5) is 11.4 Å². The van der Waals surface area contributed by atoms with Crippen molar-refractivity contribution in [3.63, 3.8) is 0 Å². The summed E-state index contributed by atoms with van der Waals surface area (Å²) < 4.78 is 73.0. The first kappa shape index (κ1) is 10.0. The van der Waals surface area contributed by atoms with Crippen LogP contribution in [0.15, 0.2) is 57.2 Å². The Bertz CT molecular complexity index is 1040. The first-order chi connectivity index (χ1) is 12.7. The summed E-state index contributed by atoms with van der Waals surface area (Å²) in [4.78, 5) is 2.20. The van der Waals surface area contributed by atoms with Gasteiger partial charge in [0.25, 0.3) is 0 Å². The van der Waals surface area contributed by atoms with Gasteiger partial charge >= 0.3 is 0 Å². The van der Waals surface area contributed by atoms with Gasteiger partial charge in [0.1, 0.15) is 0 Å². The summed E-state index contributed by atoms with van der Waals surface area (Å²) in [5.41, 5.74) is 0.494. The normalized spacial score (nSPS) is 19.6. The summed E-state index contributed by atoms with van der Waals surface area (Å²) in [7, 11) is -3.58. The molecule has 1 aliphatic rings. The highest BCUT2D eigenvalue weighted by Crippen LogP contribution is 2.48. The van der Waals surface area contributed by atoms with Crippen molar-refractivity contribution in [3.8, 4) is 0 Å². The molecule has 0 aromatic heterocycles. The number of fused-ring (bicyclic) bond motifs is 2. The van der Waals surface area contributed by atoms with E-state index in [1.165, 1.54) is 23.9 Å². The monoisotopic (exact) mass is 403 g/mol. The molecule has 0 atom stereocenters. The minimum atomic E-state index is -3.58. The van der Waals surface area contributed by atoms with Gasteiger partial charge in [0.15, 0.2) is 9.84 Å². The maximum atomic E-state index is 12.0. The van der Waals surface area contributed by atoms with Crippen molar-refractivity contribution in [2.24, 2.45) is 0 Å². The SMILES string of the molecule is [2H]C([2H])(Br)C([2H])([2H])C([2H])([2H])N1c2ccccc2Sc2ccc(S(C)(=O)=O)cc21. The van der Waals surface area contributed by atoms with Crippen molar-refractivity contribution in [1.82, 2.24) is 0 Å². The fraction of sp³-hybridized carbons (Fsp3) is 0.250. The highest BCUT2D eigenvalue weighted by atomic mass is 79.9. The van der Waals surface area contributed by atoms with Crippen molar-refractivity contribution in [2.45, 2.75) is 21.1 Å². The fourth-order valence-electron chi connectivity index (χ4n) is 2.16. The third-order valence-electron chi connectivity index (χ3n) is 3.14. The van der Waals surface area contributed by atoms with Crippen LogP contribution < -0.4 is 4.90 Å². The van der Waals surface area contributed by atoms with Gasteiger partial charge in [-0.15, -0.1) is 0 Å². The van der Waals surface area contributed by atoms with Crippen LogP contribution in [-0.2, 0) is 9.84 Å². The third kappa shape index (κ3) is 3.05. The first-order valence-corrected chi connectivity index (χ1v) is 9.78. The molecule has 116 valence electrons. The van der Waals surface area contributed by atoms with Gasteiger partial charge in [-0.3, -0.25) is 0 Å². The topological polar surface area (TPSA) is 37.4 Å². The highest BCUT2D eigenvalue weighted by Gasteiger charge is 2.24. The predicted octanol–water partition coefficient (Wildman–Crippen LogP) is 4.48. The summed E-state index contributed by atoms with van der Waals surface area (Å²) in [6.07, 6.45) is -1.96. The molecule has 0 amide bonds. The lowest BCUT2D eigenvalue weighted by Crippen LogP contribution is -2.22. The van der Waals surface area contributed by atoms with Crippen molar-refractivity contribution >= 4 is 48.9 Å². The number of nitrogens with zero attached hydrogens (tertiary/aromatic N) is 1. The zero-order valence-corrected chi connectivity index (χ0v) is 14.7. The summed E-state index contributed by atoms with van der Waals surface area (Å²) in [5, 5.41) is -2.68. The zero-order valence-electron chi connectivity index (χ0n) is 17.5. The number of hydrogen-bond acceptors (Lipinski definition) is 4. The molecule has 6 heteroatoms. The molecule has 22 heavy (non-hydrogen) atoms. The van der Waals surface area contributed by atoms with Gasteiger partial charge in [0.2, 0.25) is 0 Å². The molecule has 0 unspecified atom stereocenters. The van der Waals surface area contributed by atoms with Crippen LogP contribution in [0.2, 0.25) is 0 Å². The van der Waals surface area contributed by atoms with Gasteiger partial charge in [-0.1, -0.05) is 39.8 Å². The Hall–Kier alpha value is -0.980. The van der Waals surface area contributed by atoms with E-state index in [1.54, 1.807) is 30.3 Å². The molecular formula is C16H16BrNO2S2. The zero-order chi connectivity index (χ0) is 21.1. The molecule has 3 nitrogen and oxygen atoms in total. The second kappa shape index (κ2) is 6.26. The van der Waals surface area contributed by atoms with E-state index in [2.05, 4.69) is 15.9 Å². The van der Waals surface area contributed by atoms with Crippen LogP contribution >= 0.6 is 27.7 Å². The molecule has 0 radical (unpaired) electrons. The maximum Gasteiger partial charge on any atom is 0.175 e. The minimum absolute atomic E-state index is 0.0329. The summed E-state index contributed by atoms with van der Waals surface area (Å²) >= 11 is 3.93. The Morgan fingerprint density at radius 1 is 1.18 bits per heavy atom. The Morgan fingerprint density at radius 2 is 1.91 bits per heavy atom. The number of sulfone groups is 1. The van der Waals surface area contributed by atoms with Crippen molar-refractivity contribution in [2.75, 3.05) is 22.9 Å². The summed E-state index contributed by atoms with van der Waals surface area (Å²) in [6.45, 7) is -2.86.